The molecule has 1 fully saturated rings. The van der Waals surface area contributed by atoms with Gasteiger partial charge < -0.3 is 4.48 Å². The molecule has 1 heteroatoms. The van der Waals surface area contributed by atoms with Crippen LogP contribution in [0.25, 0.3) is 0 Å². The number of hydrogen-bond acceptors (Lipinski definition) is 0. The van der Waals surface area contributed by atoms with E-state index in [-0.39, 0.29) is 0 Å². The maximum absolute atomic E-state index is 2.43. The lowest BCUT2D eigenvalue weighted by atomic mass is 9.75. The van der Waals surface area contributed by atoms with Gasteiger partial charge in [0, 0.05) is 5.92 Å². The van der Waals surface area contributed by atoms with E-state index in [9.17, 15) is 0 Å². The molecule has 0 aromatic heterocycles. The van der Waals surface area contributed by atoms with E-state index in [0.29, 0.717) is 5.54 Å². The molecule has 1 aliphatic rings. The van der Waals surface area contributed by atoms with E-state index >= 15 is 0 Å². The minimum Gasteiger partial charge on any atom is -0.326 e. The van der Waals surface area contributed by atoms with Gasteiger partial charge in [-0.05, 0) is 26.7 Å². The summed E-state index contributed by atoms with van der Waals surface area (Å²) in [6, 6.07) is 0. The van der Waals surface area contributed by atoms with Crippen LogP contribution in [0.5, 0.6) is 0 Å². The van der Waals surface area contributed by atoms with Gasteiger partial charge in [0.05, 0.1) is 26.7 Å². The molecule has 78 valence electrons. The molecule has 0 aliphatic heterocycles. The molecule has 1 saturated carbocycles. The van der Waals surface area contributed by atoms with Gasteiger partial charge >= 0.3 is 0 Å². The molecule has 0 radical (unpaired) electrons. The second-order valence-corrected chi connectivity index (χ2v) is 6.00. The van der Waals surface area contributed by atoms with Crippen molar-refractivity contribution in [3.05, 3.63) is 0 Å². The SMILES string of the molecule is CC(C)(C1CCCCC1)[N+](C)(C)C. The van der Waals surface area contributed by atoms with Crippen LogP contribution in [0.2, 0.25) is 0 Å². The molecule has 0 aromatic rings. The van der Waals surface area contributed by atoms with Crippen LogP contribution in [0.15, 0.2) is 0 Å². The van der Waals surface area contributed by atoms with E-state index in [4.69, 9.17) is 0 Å². The van der Waals surface area contributed by atoms with E-state index in [1.54, 1.807) is 0 Å². The maximum Gasteiger partial charge on any atom is 0.0957 e. The molecule has 0 spiro atoms. The zero-order valence-corrected chi connectivity index (χ0v) is 10.1. The van der Waals surface area contributed by atoms with E-state index in [2.05, 4.69) is 35.0 Å². The third kappa shape index (κ3) is 2.25. The van der Waals surface area contributed by atoms with Crippen molar-refractivity contribution in [3.8, 4) is 0 Å². The Bertz CT molecular complexity index is 158. The molecule has 0 N–H and O–H groups in total. The van der Waals surface area contributed by atoms with Crippen molar-refractivity contribution in [3.63, 3.8) is 0 Å². The van der Waals surface area contributed by atoms with Crippen molar-refractivity contribution in [2.45, 2.75) is 51.5 Å². The lowest BCUT2D eigenvalue weighted by Gasteiger charge is -2.47. The summed E-state index contributed by atoms with van der Waals surface area (Å²) in [6.45, 7) is 4.87. The van der Waals surface area contributed by atoms with Gasteiger partial charge in [0.1, 0.15) is 0 Å². The molecule has 1 nitrogen and oxygen atoms in total. The summed E-state index contributed by atoms with van der Waals surface area (Å²) in [5.41, 5.74) is 0.445. The average molecular weight is 184 g/mol. The Morgan fingerprint density at radius 3 is 1.77 bits per heavy atom. The van der Waals surface area contributed by atoms with Gasteiger partial charge in [-0.3, -0.25) is 0 Å². The van der Waals surface area contributed by atoms with Crippen LogP contribution >= 0.6 is 0 Å². The van der Waals surface area contributed by atoms with Crippen molar-refractivity contribution >= 4 is 0 Å². The fourth-order valence-corrected chi connectivity index (χ4v) is 2.36. The third-order valence-electron chi connectivity index (χ3n) is 4.33. The Kier molecular flexibility index (Phi) is 3.06. The molecule has 0 unspecified atom stereocenters. The standard InChI is InChI=1S/C12H26N/c1-12(2,13(3,4)5)11-9-7-6-8-10-11/h11H,6-10H2,1-5H3/q+1. The minimum atomic E-state index is 0.445. The molecule has 13 heavy (non-hydrogen) atoms. The molecule has 0 bridgehead atoms. The monoisotopic (exact) mass is 184 g/mol. The molecule has 1 aliphatic carbocycles. The van der Waals surface area contributed by atoms with Gasteiger partial charge in [-0.15, -0.1) is 0 Å². The summed E-state index contributed by atoms with van der Waals surface area (Å²) in [5, 5.41) is 0. The highest BCUT2D eigenvalue weighted by Crippen LogP contribution is 2.37. The lowest BCUT2D eigenvalue weighted by Crippen LogP contribution is -2.57. The molecule has 0 heterocycles. The third-order valence-corrected chi connectivity index (χ3v) is 4.33. The van der Waals surface area contributed by atoms with Gasteiger partial charge in [-0.25, -0.2) is 0 Å². The van der Waals surface area contributed by atoms with Crippen LogP contribution in [0.3, 0.4) is 0 Å². The van der Waals surface area contributed by atoms with Crippen LogP contribution < -0.4 is 0 Å². The Morgan fingerprint density at radius 2 is 1.38 bits per heavy atom. The topological polar surface area (TPSA) is 0 Å². The summed E-state index contributed by atoms with van der Waals surface area (Å²) in [5.74, 6) is 0.932. The van der Waals surface area contributed by atoms with Gasteiger partial charge in [0.2, 0.25) is 0 Å². The second-order valence-electron chi connectivity index (χ2n) is 6.00. The first kappa shape index (κ1) is 11.0. The summed E-state index contributed by atoms with van der Waals surface area (Å²) >= 11 is 0. The number of quaternary nitrogens is 1. The smallest absolute Gasteiger partial charge is 0.0957 e. The number of rotatable bonds is 2. The Morgan fingerprint density at radius 1 is 0.923 bits per heavy atom. The summed E-state index contributed by atoms with van der Waals surface area (Å²) in [4.78, 5) is 0. The Hall–Kier alpha value is -0.0400. The van der Waals surface area contributed by atoms with Crippen LogP contribution in [0, 0.1) is 5.92 Å². The molecule has 0 amide bonds. The fourth-order valence-electron chi connectivity index (χ4n) is 2.36. The summed E-state index contributed by atoms with van der Waals surface area (Å²) in [6.07, 6.45) is 7.26. The summed E-state index contributed by atoms with van der Waals surface area (Å²) < 4.78 is 1.09. The van der Waals surface area contributed by atoms with Crippen molar-refractivity contribution in [2.75, 3.05) is 21.1 Å². The number of nitrogens with zero attached hydrogens (tertiary/aromatic N) is 1. The van der Waals surface area contributed by atoms with E-state index in [0.717, 1.165) is 10.4 Å². The normalized spacial score (nSPS) is 21.9. The highest BCUT2D eigenvalue weighted by atomic mass is 15.3. The highest BCUT2D eigenvalue weighted by Gasteiger charge is 2.40. The zero-order chi connectivity index (χ0) is 10.1. The quantitative estimate of drug-likeness (QED) is 0.579. The molecule has 0 aromatic carbocycles. The second kappa shape index (κ2) is 3.61. The van der Waals surface area contributed by atoms with Gasteiger partial charge in [-0.1, -0.05) is 19.3 Å². The van der Waals surface area contributed by atoms with Gasteiger partial charge in [0.15, 0.2) is 0 Å². The summed E-state index contributed by atoms with van der Waals surface area (Å²) in [7, 11) is 6.98. The lowest BCUT2D eigenvalue weighted by molar-refractivity contribution is -0.924. The largest absolute Gasteiger partial charge is 0.326 e. The molecular weight excluding hydrogens is 158 g/mol. The molecule has 1 rings (SSSR count). The molecule has 0 saturated heterocycles. The van der Waals surface area contributed by atoms with Crippen molar-refractivity contribution in [1.29, 1.82) is 0 Å². The molecular formula is C12H26N+. The fraction of sp³-hybridized carbons (Fsp3) is 1.00. The predicted octanol–water partition coefficient (Wildman–Crippen LogP) is 3.05. The van der Waals surface area contributed by atoms with E-state index in [1.807, 2.05) is 0 Å². The average Bonchev–Trinajstić information content (AvgIpc) is 2.04. The Balaban J connectivity index is 2.67. The maximum atomic E-state index is 2.43. The van der Waals surface area contributed by atoms with Crippen molar-refractivity contribution in [2.24, 2.45) is 5.92 Å². The van der Waals surface area contributed by atoms with Crippen molar-refractivity contribution < 1.29 is 4.48 Å². The van der Waals surface area contributed by atoms with Crippen LogP contribution in [0.4, 0.5) is 0 Å². The van der Waals surface area contributed by atoms with Crippen LogP contribution in [0.1, 0.15) is 46.0 Å². The van der Waals surface area contributed by atoms with Gasteiger partial charge in [0.25, 0.3) is 0 Å². The van der Waals surface area contributed by atoms with Gasteiger partial charge in [-0.2, -0.15) is 0 Å². The van der Waals surface area contributed by atoms with Crippen LogP contribution in [-0.2, 0) is 0 Å². The van der Waals surface area contributed by atoms with Crippen LogP contribution in [-0.4, -0.2) is 31.2 Å². The minimum absolute atomic E-state index is 0.445. The first-order valence-electron chi connectivity index (χ1n) is 5.67. The predicted molar refractivity (Wildman–Crippen MR) is 58.7 cm³/mol. The highest BCUT2D eigenvalue weighted by molar-refractivity contribution is 4.81. The van der Waals surface area contributed by atoms with E-state index < -0.39 is 0 Å². The first-order valence-corrected chi connectivity index (χ1v) is 5.67. The zero-order valence-electron chi connectivity index (χ0n) is 10.1. The van der Waals surface area contributed by atoms with E-state index in [1.165, 1.54) is 32.1 Å². The Labute approximate surface area is 83.7 Å². The van der Waals surface area contributed by atoms with Crippen molar-refractivity contribution in [1.82, 2.24) is 0 Å². The number of hydrogen-bond donors (Lipinski definition) is 0. The molecule has 0 atom stereocenters. The first-order chi connectivity index (χ1) is 5.86.